The van der Waals surface area contributed by atoms with Gasteiger partial charge in [0, 0.05) is 29.4 Å². The number of phenolic OH excluding ortho intramolecular Hbond substituents is 2. The van der Waals surface area contributed by atoms with Crippen LogP contribution in [0.3, 0.4) is 0 Å². The lowest BCUT2D eigenvalue weighted by molar-refractivity contribution is 0.340. The lowest BCUT2D eigenvalue weighted by Gasteiger charge is -2.14. The normalized spacial score (nSPS) is 10.9. The molecule has 0 radical (unpaired) electrons. The zero-order chi connectivity index (χ0) is 20.5. The molecule has 4 rings (SSSR count). The average molecular weight is 388 g/mol. The van der Waals surface area contributed by atoms with E-state index in [0.29, 0.717) is 28.3 Å². The molecule has 4 aromatic rings. The molecule has 0 spiro atoms. The molecule has 29 heavy (non-hydrogen) atoms. The van der Waals surface area contributed by atoms with Crippen LogP contribution in [0.5, 0.6) is 23.0 Å². The summed E-state index contributed by atoms with van der Waals surface area (Å²) in [5, 5.41) is 21.4. The molecule has 2 aromatic heterocycles. The molecule has 0 saturated carbocycles. The summed E-state index contributed by atoms with van der Waals surface area (Å²) in [6.45, 7) is 1.86. The molecule has 0 aliphatic heterocycles. The number of rotatable bonds is 4. The minimum atomic E-state index is -0.0674. The van der Waals surface area contributed by atoms with Gasteiger partial charge in [-0.2, -0.15) is 0 Å². The van der Waals surface area contributed by atoms with Crippen molar-refractivity contribution in [3.05, 3.63) is 60.4 Å². The fourth-order valence-corrected chi connectivity index (χ4v) is 3.33. The van der Waals surface area contributed by atoms with Crippen LogP contribution in [0.25, 0.3) is 33.3 Å². The van der Waals surface area contributed by atoms with Crippen LogP contribution in [-0.2, 0) is 0 Å². The molecule has 0 amide bonds. The maximum atomic E-state index is 10.2. The number of ether oxygens (including phenoxy) is 2. The van der Waals surface area contributed by atoms with E-state index in [4.69, 9.17) is 14.5 Å². The third-order valence-electron chi connectivity index (χ3n) is 4.89. The Morgan fingerprint density at radius 1 is 0.828 bits per heavy atom. The molecule has 6 heteroatoms. The Balaban J connectivity index is 2.03. The van der Waals surface area contributed by atoms with E-state index in [2.05, 4.69) is 4.98 Å². The number of pyridine rings is 2. The number of aromatic hydroxyl groups is 2. The highest BCUT2D eigenvalue weighted by molar-refractivity contribution is 5.98. The summed E-state index contributed by atoms with van der Waals surface area (Å²) in [5.41, 5.74) is 4.75. The second kappa shape index (κ2) is 7.31. The Hall–Kier alpha value is -3.80. The molecule has 0 aliphatic carbocycles. The van der Waals surface area contributed by atoms with Gasteiger partial charge >= 0.3 is 0 Å². The summed E-state index contributed by atoms with van der Waals surface area (Å²) in [6, 6.07) is 12.8. The molecular weight excluding hydrogens is 368 g/mol. The summed E-state index contributed by atoms with van der Waals surface area (Å²) >= 11 is 0. The van der Waals surface area contributed by atoms with Crippen LogP contribution < -0.4 is 9.47 Å². The zero-order valence-electron chi connectivity index (χ0n) is 16.3. The minimum absolute atomic E-state index is 0.0674. The molecule has 0 bridgehead atoms. The Labute approximate surface area is 168 Å². The molecule has 0 atom stereocenters. The fraction of sp³-hybridized carbons (Fsp3) is 0.130. The van der Waals surface area contributed by atoms with Crippen molar-refractivity contribution in [1.29, 1.82) is 0 Å². The van der Waals surface area contributed by atoms with E-state index in [1.807, 2.05) is 31.2 Å². The lowest BCUT2D eigenvalue weighted by Crippen LogP contribution is -1.94. The highest BCUT2D eigenvalue weighted by Crippen LogP contribution is 2.41. The van der Waals surface area contributed by atoms with Gasteiger partial charge in [0.2, 0.25) is 5.75 Å². The number of hydrogen-bond donors (Lipinski definition) is 2. The van der Waals surface area contributed by atoms with Gasteiger partial charge in [-0.05, 0) is 60.0 Å². The molecule has 2 N–H and O–H groups in total. The third-order valence-corrected chi connectivity index (χ3v) is 4.89. The molecule has 0 saturated heterocycles. The molecule has 2 aromatic carbocycles. The van der Waals surface area contributed by atoms with Crippen molar-refractivity contribution in [2.75, 3.05) is 14.2 Å². The van der Waals surface area contributed by atoms with Gasteiger partial charge in [-0.1, -0.05) is 0 Å². The van der Waals surface area contributed by atoms with Crippen LogP contribution in [0.1, 0.15) is 5.56 Å². The number of fused-ring (bicyclic) bond motifs is 1. The van der Waals surface area contributed by atoms with E-state index < -0.39 is 0 Å². The van der Waals surface area contributed by atoms with Gasteiger partial charge in [0.25, 0.3) is 0 Å². The molecule has 146 valence electrons. The lowest BCUT2D eigenvalue weighted by atomic mass is 9.97. The van der Waals surface area contributed by atoms with E-state index in [9.17, 15) is 10.2 Å². The molecule has 0 aliphatic rings. The first-order valence-corrected chi connectivity index (χ1v) is 9.02. The van der Waals surface area contributed by atoms with Gasteiger partial charge < -0.3 is 19.7 Å². The standard InChI is InChI=1S/C23H20N2O4/c1-13-8-17-16(14-4-6-24-7-5-14)11-18(25-19(17)12-20(13)26)15-9-21(28-2)23(27)22(10-15)29-3/h4-12,26-27H,1-3H3. The Morgan fingerprint density at radius 3 is 2.10 bits per heavy atom. The SMILES string of the molecule is COc1cc(-c2cc(-c3ccncc3)c3cc(C)c(O)cc3n2)cc(OC)c1O. The topological polar surface area (TPSA) is 84.7 Å². The average Bonchev–Trinajstić information content (AvgIpc) is 2.74. The number of aromatic nitrogens is 2. The van der Waals surface area contributed by atoms with Crippen LogP contribution in [0.15, 0.2) is 54.9 Å². The molecular formula is C23H20N2O4. The largest absolute Gasteiger partial charge is 0.508 e. The highest BCUT2D eigenvalue weighted by atomic mass is 16.5. The third kappa shape index (κ3) is 3.29. The van der Waals surface area contributed by atoms with Crippen molar-refractivity contribution in [1.82, 2.24) is 9.97 Å². The summed E-state index contributed by atoms with van der Waals surface area (Å²) < 4.78 is 10.6. The van der Waals surface area contributed by atoms with E-state index in [-0.39, 0.29) is 11.5 Å². The van der Waals surface area contributed by atoms with Gasteiger partial charge in [-0.25, -0.2) is 4.98 Å². The number of hydrogen-bond acceptors (Lipinski definition) is 6. The van der Waals surface area contributed by atoms with Crippen molar-refractivity contribution >= 4 is 10.9 Å². The quantitative estimate of drug-likeness (QED) is 0.527. The van der Waals surface area contributed by atoms with Crippen LogP contribution in [-0.4, -0.2) is 34.4 Å². The summed E-state index contributed by atoms with van der Waals surface area (Å²) in [5.74, 6) is 0.697. The predicted octanol–water partition coefficient (Wildman–Crippen LogP) is 4.70. The summed E-state index contributed by atoms with van der Waals surface area (Å²) in [7, 11) is 2.96. The maximum absolute atomic E-state index is 10.2. The monoisotopic (exact) mass is 388 g/mol. The fourth-order valence-electron chi connectivity index (χ4n) is 3.33. The molecule has 0 fully saturated rings. The molecule has 6 nitrogen and oxygen atoms in total. The number of methoxy groups -OCH3 is 2. The zero-order valence-corrected chi connectivity index (χ0v) is 16.3. The number of benzene rings is 2. The van der Waals surface area contributed by atoms with E-state index in [1.54, 1.807) is 30.6 Å². The predicted molar refractivity (Wildman–Crippen MR) is 112 cm³/mol. The van der Waals surface area contributed by atoms with Crippen molar-refractivity contribution in [3.8, 4) is 45.4 Å². The molecule has 2 heterocycles. The Kier molecular flexibility index (Phi) is 4.68. The van der Waals surface area contributed by atoms with Gasteiger partial charge in [-0.15, -0.1) is 0 Å². The number of nitrogens with zero attached hydrogens (tertiary/aromatic N) is 2. The van der Waals surface area contributed by atoms with E-state index in [0.717, 1.165) is 22.1 Å². The van der Waals surface area contributed by atoms with E-state index in [1.165, 1.54) is 14.2 Å². The number of aryl methyl sites for hydroxylation is 1. The smallest absolute Gasteiger partial charge is 0.200 e. The second-order valence-corrected chi connectivity index (χ2v) is 6.68. The van der Waals surface area contributed by atoms with Crippen LogP contribution in [0, 0.1) is 6.92 Å². The first-order chi connectivity index (χ1) is 14.0. The first-order valence-electron chi connectivity index (χ1n) is 9.02. The van der Waals surface area contributed by atoms with Crippen LogP contribution in [0.4, 0.5) is 0 Å². The second-order valence-electron chi connectivity index (χ2n) is 6.68. The van der Waals surface area contributed by atoms with Crippen molar-refractivity contribution in [2.24, 2.45) is 0 Å². The summed E-state index contributed by atoms with van der Waals surface area (Å²) in [6.07, 6.45) is 3.47. The van der Waals surface area contributed by atoms with Crippen molar-refractivity contribution < 1.29 is 19.7 Å². The number of phenols is 2. The maximum Gasteiger partial charge on any atom is 0.200 e. The Bertz CT molecular complexity index is 1180. The van der Waals surface area contributed by atoms with Crippen LogP contribution in [0.2, 0.25) is 0 Å². The van der Waals surface area contributed by atoms with Gasteiger partial charge in [0.1, 0.15) is 5.75 Å². The van der Waals surface area contributed by atoms with Crippen LogP contribution >= 0.6 is 0 Å². The summed E-state index contributed by atoms with van der Waals surface area (Å²) in [4.78, 5) is 8.85. The minimum Gasteiger partial charge on any atom is -0.508 e. The Morgan fingerprint density at radius 2 is 1.48 bits per heavy atom. The molecule has 0 unspecified atom stereocenters. The van der Waals surface area contributed by atoms with Gasteiger partial charge in [-0.3, -0.25) is 4.98 Å². The van der Waals surface area contributed by atoms with E-state index >= 15 is 0 Å². The first kappa shape index (κ1) is 18.6. The van der Waals surface area contributed by atoms with Gasteiger partial charge in [0.05, 0.1) is 25.4 Å². The van der Waals surface area contributed by atoms with Gasteiger partial charge in [0.15, 0.2) is 11.5 Å². The van der Waals surface area contributed by atoms with Crippen molar-refractivity contribution in [3.63, 3.8) is 0 Å². The highest BCUT2D eigenvalue weighted by Gasteiger charge is 2.16. The van der Waals surface area contributed by atoms with Crippen molar-refractivity contribution in [2.45, 2.75) is 6.92 Å².